The summed E-state index contributed by atoms with van der Waals surface area (Å²) < 4.78 is 29.3. The van der Waals surface area contributed by atoms with Crippen LogP contribution in [-0.2, 0) is 14.8 Å². The average molecular weight is 400 g/mol. The van der Waals surface area contributed by atoms with Crippen LogP contribution in [0.1, 0.15) is 24.7 Å². The number of nitrogens with one attached hydrogen (secondary N) is 2. The van der Waals surface area contributed by atoms with Gasteiger partial charge in [-0.25, -0.2) is 23.1 Å². The Kier molecular flexibility index (Phi) is 5.41. The Morgan fingerprint density at radius 1 is 1.11 bits per heavy atom. The van der Waals surface area contributed by atoms with Crippen molar-refractivity contribution >= 4 is 27.4 Å². The minimum atomic E-state index is -3.85. The topological polar surface area (TPSA) is 119 Å². The van der Waals surface area contributed by atoms with Crippen LogP contribution in [0.3, 0.4) is 0 Å². The maximum Gasteiger partial charge on any atom is 0.263 e. The van der Waals surface area contributed by atoms with Gasteiger partial charge >= 0.3 is 0 Å². The van der Waals surface area contributed by atoms with Crippen molar-refractivity contribution in [2.24, 2.45) is 0 Å². The molecule has 3 rings (SSSR count). The maximum atomic E-state index is 12.6. The van der Waals surface area contributed by atoms with E-state index in [0.717, 1.165) is 11.4 Å². The largest absolute Gasteiger partial charge is 0.326 e. The van der Waals surface area contributed by atoms with E-state index in [4.69, 9.17) is 0 Å². The van der Waals surface area contributed by atoms with Crippen molar-refractivity contribution in [1.82, 2.24) is 19.7 Å². The van der Waals surface area contributed by atoms with Gasteiger partial charge in [-0.05, 0) is 44.2 Å². The molecule has 3 aromatic rings. The molecule has 9 nitrogen and oxygen atoms in total. The monoisotopic (exact) mass is 400 g/mol. The molecule has 0 saturated carbocycles. The van der Waals surface area contributed by atoms with Crippen LogP contribution >= 0.6 is 0 Å². The molecule has 0 unspecified atom stereocenters. The van der Waals surface area contributed by atoms with Crippen LogP contribution in [0.15, 0.2) is 47.6 Å². The van der Waals surface area contributed by atoms with E-state index in [0.29, 0.717) is 17.9 Å². The molecule has 28 heavy (non-hydrogen) atoms. The standard InChI is InChI=1S/C18H20N6O3S/c1-4-18(25)21-14-5-7-15(8-6-14)28(26,27)23-16-10-17(20-11-19-16)24-13(3)9-12(2)22-24/h5-11H,4H2,1-3H3,(H,21,25)(H,19,20,23). The summed E-state index contributed by atoms with van der Waals surface area (Å²) in [6.45, 7) is 5.48. The van der Waals surface area contributed by atoms with E-state index in [2.05, 4.69) is 25.1 Å². The zero-order chi connectivity index (χ0) is 20.3. The van der Waals surface area contributed by atoms with Crippen molar-refractivity contribution in [1.29, 1.82) is 0 Å². The molecule has 0 aliphatic heterocycles. The number of anilines is 2. The molecule has 0 spiro atoms. The van der Waals surface area contributed by atoms with E-state index in [1.165, 1.54) is 36.7 Å². The van der Waals surface area contributed by atoms with Crippen molar-refractivity contribution in [3.8, 4) is 5.82 Å². The van der Waals surface area contributed by atoms with Crippen LogP contribution in [0.25, 0.3) is 5.82 Å². The number of hydrogen-bond donors (Lipinski definition) is 2. The van der Waals surface area contributed by atoms with Gasteiger partial charge in [0.25, 0.3) is 10.0 Å². The first-order valence-electron chi connectivity index (χ1n) is 8.57. The Morgan fingerprint density at radius 2 is 1.82 bits per heavy atom. The van der Waals surface area contributed by atoms with E-state index >= 15 is 0 Å². The minimum Gasteiger partial charge on any atom is -0.326 e. The summed E-state index contributed by atoms with van der Waals surface area (Å²) >= 11 is 0. The summed E-state index contributed by atoms with van der Waals surface area (Å²) in [6.07, 6.45) is 1.61. The smallest absolute Gasteiger partial charge is 0.263 e. The molecule has 2 heterocycles. The Morgan fingerprint density at radius 3 is 2.43 bits per heavy atom. The zero-order valence-electron chi connectivity index (χ0n) is 15.7. The van der Waals surface area contributed by atoms with Gasteiger partial charge in [-0.15, -0.1) is 0 Å². The normalized spacial score (nSPS) is 11.2. The van der Waals surface area contributed by atoms with Crippen LogP contribution in [0.4, 0.5) is 11.5 Å². The predicted octanol–water partition coefficient (Wildman–Crippen LogP) is 2.43. The summed E-state index contributed by atoms with van der Waals surface area (Å²) in [4.78, 5) is 19.6. The van der Waals surface area contributed by atoms with E-state index in [-0.39, 0.29) is 16.6 Å². The SMILES string of the molecule is CCC(=O)Nc1ccc(S(=O)(=O)Nc2cc(-n3nc(C)cc3C)ncn2)cc1. The highest BCUT2D eigenvalue weighted by atomic mass is 32.2. The Bertz CT molecular complexity index is 1110. The lowest BCUT2D eigenvalue weighted by molar-refractivity contribution is -0.115. The molecule has 10 heteroatoms. The molecule has 0 aliphatic carbocycles. The predicted molar refractivity (Wildman–Crippen MR) is 105 cm³/mol. The van der Waals surface area contributed by atoms with Crippen LogP contribution in [0.5, 0.6) is 0 Å². The lowest BCUT2D eigenvalue weighted by atomic mass is 10.3. The van der Waals surface area contributed by atoms with E-state index < -0.39 is 10.0 Å². The number of sulfonamides is 1. The van der Waals surface area contributed by atoms with Crippen molar-refractivity contribution in [3.05, 3.63) is 54.1 Å². The molecule has 0 saturated heterocycles. The number of hydrogen-bond acceptors (Lipinski definition) is 6. The highest BCUT2D eigenvalue weighted by molar-refractivity contribution is 7.92. The maximum absolute atomic E-state index is 12.6. The molecule has 0 atom stereocenters. The fourth-order valence-corrected chi connectivity index (χ4v) is 3.54. The van der Waals surface area contributed by atoms with Gasteiger partial charge in [0.2, 0.25) is 5.91 Å². The average Bonchev–Trinajstić information content (AvgIpc) is 3.00. The highest BCUT2D eigenvalue weighted by Gasteiger charge is 2.16. The first-order chi connectivity index (χ1) is 13.3. The second-order valence-corrected chi connectivity index (χ2v) is 7.81. The number of aromatic nitrogens is 4. The molecule has 2 N–H and O–H groups in total. The van der Waals surface area contributed by atoms with E-state index in [1.807, 2.05) is 19.9 Å². The molecular weight excluding hydrogens is 380 g/mol. The minimum absolute atomic E-state index is 0.0493. The molecule has 0 aliphatic rings. The first kappa shape index (κ1) is 19.5. The Labute approximate surface area is 162 Å². The van der Waals surface area contributed by atoms with Gasteiger partial charge in [-0.1, -0.05) is 6.92 Å². The number of nitrogens with zero attached hydrogens (tertiary/aromatic N) is 4. The molecule has 0 fully saturated rings. The summed E-state index contributed by atoms with van der Waals surface area (Å²) in [5.74, 6) is 0.434. The third-order valence-electron chi connectivity index (χ3n) is 3.89. The quantitative estimate of drug-likeness (QED) is 0.656. The second-order valence-electron chi connectivity index (χ2n) is 6.13. The molecule has 0 bridgehead atoms. The lowest BCUT2D eigenvalue weighted by Crippen LogP contribution is -2.15. The van der Waals surface area contributed by atoms with Gasteiger partial charge in [0.15, 0.2) is 5.82 Å². The highest BCUT2D eigenvalue weighted by Crippen LogP contribution is 2.19. The third-order valence-corrected chi connectivity index (χ3v) is 5.26. The van der Waals surface area contributed by atoms with Gasteiger partial charge < -0.3 is 5.32 Å². The van der Waals surface area contributed by atoms with Crippen LogP contribution in [0.2, 0.25) is 0 Å². The lowest BCUT2D eigenvalue weighted by Gasteiger charge is -2.10. The summed E-state index contributed by atoms with van der Waals surface area (Å²) in [6, 6.07) is 9.29. The van der Waals surface area contributed by atoms with Crippen LogP contribution in [0, 0.1) is 13.8 Å². The van der Waals surface area contributed by atoms with Crippen LogP contribution in [-0.4, -0.2) is 34.1 Å². The van der Waals surface area contributed by atoms with E-state index in [1.54, 1.807) is 11.6 Å². The Hall–Kier alpha value is -3.27. The van der Waals surface area contributed by atoms with Gasteiger partial charge in [-0.2, -0.15) is 5.10 Å². The summed E-state index contributed by atoms with van der Waals surface area (Å²) in [5.41, 5.74) is 2.22. The Balaban J connectivity index is 1.82. The zero-order valence-corrected chi connectivity index (χ0v) is 16.5. The molecule has 1 amide bonds. The first-order valence-corrected chi connectivity index (χ1v) is 10.1. The summed E-state index contributed by atoms with van der Waals surface area (Å²) in [7, 11) is -3.85. The number of carbonyl (C=O) groups excluding carboxylic acids is 1. The number of carbonyl (C=O) groups is 1. The fraction of sp³-hybridized carbons (Fsp3) is 0.222. The number of aryl methyl sites for hydroxylation is 2. The van der Waals surface area contributed by atoms with Crippen molar-refractivity contribution in [2.75, 3.05) is 10.0 Å². The molecule has 1 aromatic carbocycles. The number of amides is 1. The summed E-state index contributed by atoms with van der Waals surface area (Å²) in [5, 5.41) is 7.00. The third kappa shape index (κ3) is 4.34. The molecule has 2 aromatic heterocycles. The number of rotatable bonds is 6. The van der Waals surface area contributed by atoms with Gasteiger partial charge in [0, 0.05) is 23.9 Å². The number of benzene rings is 1. The molecule has 146 valence electrons. The van der Waals surface area contributed by atoms with Gasteiger partial charge in [-0.3, -0.25) is 9.52 Å². The van der Waals surface area contributed by atoms with Crippen molar-refractivity contribution in [2.45, 2.75) is 32.1 Å². The van der Waals surface area contributed by atoms with Gasteiger partial charge in [0.1, 0.15) is 12.1 Å². The van der Waals surface area contributed by atoms with Crippen molar-refractivity contribution in [3.63, 3.8) is 0 Å². The molecule has 0 radical (unpaired) electrons. The van der Waals surface area contributed by atoms with Crippen molar-refractivity contribution < 1.29 is 13.2 Å². The van der Waals surface area contributed by atoms with Gasteiger partial charge in [0.05, 0.1) is 10.6 Å². The second kappa shape index (κ2) is 7.77. The van der Waals surface area contributed by atoms with Crippen LogP contribution < -0.4 is 10.0 Å². The van der Waals surface area contributed by atoms with E-state index in [9.17, 15) is 13.2 Å². The fourth-order valence-electron chi connectivity index (χ4n) is 2.54. The molecular formula is C18H20N6O3S.